The molecule has 0 bridgehead atoms. The predicted octanol–water partition coefficient (Wildman–Crippen LogP) is 2.31. The molecule has 3 heteroatoms. The van der Waals surface area contributed by atoms with Crippen LogP contribution in [-0.2, 0) is 13.5 Å². The van der Waals surface area contributed by atoms with E-state index in [9.17, 15) is 0 Å². The third-order valence-electron chi connectivity index (χ3n) is 3.05. The molecule has 1 aromatic carbocycles. The van der Waals surface area contributed by atoms with Gasteiger partial charge < -0.3 is 5.32 Å². The van der Waals surface area contributed by atoms with Crippen LogP contribution < -0.4 is 5.32 Å². The minimum Gasteiger partial charge on any atom is -0.310 e. The van der Waals surface area contributed by atoms with E-state index in [-0.39, 0.29) is 0 Å². The summed E-state index contributed by atoms with van der Waals surface area (Å²) in [6.07, 6.45) is 2.85. The number of nitrogens with one attached hydrogen (secondary N) is 1. The molecule has 1 N–H and O–H groups in total. The molecule has 0 aliphatic carbocycles. The molecule has 3 nitrogen and oxygen atoms in total. The first-order valence-corrected chi connectivity index (χ1v) is 6.02. The van der Waals surface area contributed by atoms with Crippen molar-refractivity contribution in [3.63, 3.8) is 0 Å². The molecule has 2 rings (SSSR count). The first-order valence-electron chi connectivity index (χ1n) is 6.02. The maximum atomic E-state index is 4.16. The number of aryl methyl sites for hydroxylation is 1. The number of benzene rings is 1. The normalized spacial score (nSPS) is 12.6. The standard InChI is InChI=1S/C14H19N3/c1-12(13-6-4-3-5-7-13)15-10-8-14-9-11-16-17(14)2/h3-7,9,11-12,15H,8,10H2,1-2H3/t12-/m0/s1. The highest BCUT2D eigenvalue weighted by Gasteiger charge is 2.04. The Morgan fingerprint density at radius 2 is 2.00 bits per heavy atom. The summed E-state index contributed by atoms with van der Waals surface area (Å²) in [6.45, 7) is 3.16. The summed E-state index contributed by atoms with van der Waals surface area (Å²) >= 11 is 0. The van der Waals surface area contributed by atoms with Crippen LogP contribution in [0.15, 0.2) is 42.6 Å². The minimum atomic E-state index is 0.393. The second-order valence-electron chi connectivity index (χ2n) is 4.28. The van der Waals surface area contributed by atoms with Gasteiger partial charge in [-0.25, -0.2) is 0 Å². The van der Waals surface area contributed by atoms with Gasteiger partial charge in [-0.1, -0.05) is 30.3 Å². The van der Waals surface area contributed by atoms with E-state index in [0.717, 1.165) is 13.0 Å². The van der Waals surface area contributed by atoms with Gasteiger partial charge in [0.1, 0.15) is 0 Å². The van der Waals surface area contributed by atoms with Crippen LogP contribution in [0.5, 0.6) is 0 Å². The van der Waals surface area contributed by atoms with Crippen LogP contribution in [0, 0.1) is 0 Å². The molecule has 2 aromatic rings. The van der Waals surface area contributed by atoms with Gasteiger partial charge in [0.05, 0.1) is 0 Å². The molecule has 0 saturated carbocycles. The van der Waals surface area contributed by atoms with Crippen molar-refractivity contribution in [1.29, 1.82) is 0 Å². The number of hydrogen-bond donors (Lipinski definition) is 1. The molecule has 0 unspecified atom stereocenters. The fourth-order valence-corrected chi connectivity index (χ4v) is 1.92. The summed E-state index contributed by atoms with van der Waals surface area (Å²) in [4.78, 5) is 0. The molecule has 1 heterocycles. The van der Waals surface area contributed by atoms with Gasteiger partial charge in [0.2, 0.25) is 0 Å². The first-order chi connectivity index (χ1) is 8.27. The van der Waals surface area contributed by atoms with Gasteiger partial charge in [0.15, 0.2) is 0 Å². The Hall–Kier alpha value is -1.61. The van der Waals surface area contributed by atoms with E-state index >= 15 is 0 Å². The number of hydrogen-bond acceptors (Lipinski definition) is 2. The maximum Gasteiger partial charge on any atom is 0.0492 e. The molecule has 0 amide bonds. The van der Waals surface area contributed by atoms with E-state index in [1.165, 1.54) is 11.3 Å². The van der Waals surface area contributed by atoms with Crippen molar-refractivity contribution in [3.8, 4) is 0 Å². The largest absolute Gasteiger partial charge is 0.310 e. The maximum absolute atomic E-state index is 4.16. The number of aromatic nitrogens is 2. The highest BCUT2D eigenvalue weighted by atomic mass is 15.3. The molecule has 0 aliphatic rings. The number of nitrogens with zero attached hydrogens (tertiary/aromatic N) is 2. The van der Waals surface area contributed by atoms with Crippen LogP contribution in [0.25, 0.3) is 0 Å². The summed E-state index contributed by atoms with van der Waals surface area (Å²) < 4.78 is 1.93. The second kappa shape index (κ2) is 5.64. The Labute approximate surface area is 102 Å². The lowest BCUT2D eigenvalue weighted by atomic mass is 10.1. The summed E-state index contributed by atoms with van der Waals surface area (Å²) in [5.41, 5.74) is 2.59. The van der Waals surface area contributed by atoms with Crippen molar-refractivity contribution in [2.75, 3.05) is 6.54 Å². The van der Waals surface area contributed by atoms with Crippen LogP contribution in [0.2, 0.25) is 0 Å². The molecule has 90 valence electrons. The van der Waals surface area contributed by atoms with Crippen LogP contribution >= 0.6 is 0 Å². The molecule has 0 spiro atoms. The van der Waals surface area contributed by atoms with Gasteiger partial charge in [-0.2, -0.15) is 5.10 Å². The van der Waals surface area contributed by atoms with Crippen LogP contribution in [-0.4, -0.2) is 16.3 Å². The van der Waals surface area contributed by atoms with Crippen LogP contribution in [0.3, 0.4) is 0 Å². The predicted molar refractivity (Wildman–Crippen MR) is 69.8 cm³/mol. The van der Waals surface area contributed by atoms with Gasteiger partial charge in [-0.05, 0) is 18.6 Å². The van der Waals surface area contributed by atoms with E-state index in [4.69, 9.17) is 0 Å². The van der Waals surface area contributed by atoms with Gasteiger partial charge in [-0.15, -0.1) is 0 Å². The van der Waals surface area contributed by atoms with E-state index in [1.807, 2.05) is 24.0 Å². The Bertz CT molecular complexity index is 448. The molecule has 0 saturated heterocycles. The molecule has 17 heavy (non-hydrogen) atoms. The van der Waals surface area contributed by atoms with E-state index in [0.29, 0.717) is 6.04 Å². The fourth-order valence-electron chi connectivity index (χ4n) is 1.92. The zero-order valence-corrected chi connectivity index (χ0v) is 10.4. The van der Waals surface area contributed by atoms with Crippen molar-refractivity contribution in [1.82, 2.24) is 15.1 Å². The molecule has 1 aromatic heterocycles. The van der Waals surface area contributed by atoms with Crippen molar-refractivity contribution in [2.45, 2.75) is 19.4 Å². The molecule has 0 aliphatic heterocycles. The summed E-state index contributed by atoms with van der Waals surface area (Å²) in [5.74, 6) is 0. The lowest BCUT2D eigenvalue weighted by Crippen LogP contribution is -2.22. The third-order valence-corrected chi connectivity index (χ3v) is 3.05. The van der Waals surface area contributed by atoms with Crippen LogP contribution in [0.1, 0.15) is 24.2 Å². The zero-order valence-electron chi connectivity index (χ0n) is 10.4. The van der Waals surface area contributed by atoms with Crippen LogP contribution in [0.4, 0.5) is 0 Å². The lowest BCUT2D eigenvalue weighted by Gasteiger charge is -2.14. The van der Waals surface area contributed by atoms with Gasteiger partial charge in [0, 0.05) is 37.9 Å². The van der Waals surface area contributed by atoms with E-state index < -0.39 is 0 Å². The van der Waals surface area contributed by atoms with Crippen molar-refractivity contribution in [3.05, 3.63) is 53.9 Å². The van der Waals surface area contributed by atoms with Gasteiger partial charge in [0.25, 0.3) is 0 Å². The van der Waals surface area contributed by atoms with Crippen molar-refractivity contribution < 1.29 is 0 Å². The van der Waals surface area contributed by atoms with Crippen molar-refractivity contribution in [2.24, 2.45) is 7.05 Å². The SMILES string of the molecule is C[C@H](NCCc1ccnn1C)c1ccccc1. The average molecular weight is 229 g/mol. The topological polar surface area (TPSA) is 29.9 Å². The average Bonchev–Trinajstić information content (AvgIpc) is 2.76. The molecule has 1 atom stereocenters. The Kier molecular flexibility index (Phi) is 3.94. The third kappa shape index (κ3) is 3.17. The highest BCUT2D eigenvalue weighted by Crippen LogP contribution is 2.10. The molecular formula is C14H19N3. The van der Waals surface area contributed by atoms with Gasteiger partial charge in [-0.3, -0.25) is 4.68 Å². The smallest absolute Gasteiger partial charge is 0.0492 e. The van der Waals surface area contributed by atoms with E-state index in [2.05, 4.69) is 47.7 Å². The number of rotatable bonds is 5. The molecule has 0 fully saturated rings. The summed E-state index contributed by atoms with van der Waals surface area (Å²) in [5, 5.41) is 7.68. The highest BCUT2D eigenvalue weighted by molar-refractivity contribution is 5.18. The van der Waals surface area contributed by atoms with E-state index in [1.54, 1.807) is 0 Å². The first kappa shape index (κ1) is 11.9. The molecular weight excluding hydrogens is 210 g/mol. The zero-order chi connectivity index (χ0) is 12.1. The van der Waals surface area contributed by atoms with Crippen molar-refractivity contribution >= 4 is 0 Å². The molecule has 0 radical (unpaired) electrons. The minimum absolute atomic E-state index is 0.393. The quantitative estimate of drug-likeness (QED) is 0.852. The Balaban J connectivity index is 1.81. The van der Waals surface area contributed by atoms with Gasteiger partial charge >= 0.3 is 0 Å². The monoisotopic (exact) mass is 229 g/mol. The lowest BCUT2D eigenvalue weighted by molar-refractivity contribution is 0.564. The summed E-state index contributed by atoms with van der Waals surface area (Å²) in [7, 11) is 1.98. The second-order valence-corrected chi connectivity index (χ2v) is 4.28. The Morgan fingerprint density at radius 1 is 1.24 bits per heavy atom. The fraction of sp³-hybridized carbons (Fsp3) is 0.357. The Morgan fingerprint density at radius 3 is 2.65 bits per heavy atom. The summed E-state index contributed by atoms with van der Waals surface area (Å²) in [6, 6.07) is 13.0.